The van der Waals surface area contributed by atoms with E-state index in [1.807, 2.05) is 0 Å². The summed E-state index contributed by atoms with van der Waals surface area (Å²) in [5.74, 6) is 1.42. The molecule has 0 aliphatic carbocycles. The lowest BCUT2D eigenvalue weighted by atomic mass is 10.0. The molecule has 1 aliphatic heterocycles. The molecule has 0 aromatic heterocycles. The molecular weight excluding hydrogens is 288 g/mol. The third-order valence-electron chi connectivity index (χ3n) is 4.25. The Morgan fingerprint density at radius 2 is 1.90 bits per heavy atom. The Bertz CT molecular complexity index is 591. The zero-order valence-electron chi connectivity index (χ0n) is 12.9. The standard InChI is InChI=1S/C15H24N2O3S/c1-11-9-17(10-12(11)2)21(18,19)15-5-4-14(20-3)8-13(15)6-7-16/h4-5,8,11-12H,6-7,9-10,16H2,1-3H3. The van der Waals surface area contributed by atoms with E-state index >= 15 is 0 Å². The average Bonchev–Trinajstić information content (AvgIpc) is 2.79. The van der Waals surface area contributed by atoms with E-state index in [4.69, 9.17) is 10.5 Å². The van der Waals surface area contributed by atoms with Crippen molar-refractivity contribution in [3.8, 4) is 5.75 Å². The first kappa shape index (κ1) is 16.3. The molecule has 118 valence electrons. The normalized spacial score (nSPS) is 23.4. The molecule has 0 spiro atoms. The van der Waals surface area contributed by atoms with E-state index in [2.05, 4.69) is 13.8 Å². The topological polar surface area (TPSA) is 72.6 Å². The Morgan fingerprint density at radius 3 is 2.43 bits per heavy atom. The number of hydrogen-bond acceptors (Lipinski definition) is 4. The van der Waals surface area contributed by atoms with Crippen LogP contribution >= 0.6 is 0 Å². The highest BCUT2D eigenvalue weighted by Gasteiger charge is 2.35. The van der Waals surface area contributed by atoms with Crippen molar-refractivity contribution in [1.82, 2.24) is 4.31 Å². The van der Waals surface area contributed by atoms with Crippen LogP contribution < -0.4 is 10.5 Å². The smallest absolute Gasteiger partial charge is 0.243 e. The summed E-state index contributed by atoms with van der Waals surface area (Å²) in [6, 6.07) is 5.09. The fourth-order valence-electron chi connectivity index (χ4n) is 2.70. The van der Waals surface area contributed by atoms with Gasteiger partial charge in [0.2, 0.25) is 10.0 Å². The molecule has 6 heteroatoms. The van der Waals surface area contributed by atoms with Crippen LogP contribution in [0.1, 0.15) is 19.4 Å². The number of sulfonamides is 1. The van der Waals surface area contributed by atoms with Crippen LogP contribution in [0.4, 0.5) is 0 Å². The fourth-order valence-corrected chi connectivity index (χ4v) is 4.57. The molecule has 0 bridgehead atoms. The minimum Gasteiger partial charge on any atom is -0.497 e. The minimum atomic E-state index is -3.46. The SMILES string of the molecule is COc1ccc(S(=O)(=O)N2CC(C)C(C)C2)c(CCN)c1. The summed E-state index contributed by atoms with van der Waals surface area (Å²) in [5.41, 5.74) is 6.34. The number of benzene rings is 1. The van der Waals surface area contributed by atoms with E-state index < -0.39 is 10.0 Å². The van der Waals surface area contributed by atoms with E-state index in [1.165, 1.54) is 0 Å². The molecule has 1 aromatic rings. The quantitative estimate of drug-likeness (QED) is 0.893. The van der Waals surface area contributed by atoms with Gasteiger partial charge in [0, 0.05) is 13.1 Å². The third kappa shape index (κ3) is 3.22. The number of hydrogen-bond donors (Lipinski definition) is 1. The lowest BCUT2D eigenvalue weighted by Crippen LogP contribution is -2.30. The molecule has 1 heterocycles. The fraction of sp³-hybridized carbons (Fsp3) is 0.600. The zero-order chi connectivity index (χ0) is 15.6. The van der Waals surface area contributed by atoms with Crippen molar-refractivity contribution >= 4 is 10.0 Å². The van der Waals surface area contributed by atoms with Crippen molar-refractivity contribution in [3.63, 3.8) is 0 Å². The third-order valence-corrected chi connectivity index (χ3v) is 6.19. The van der Waals surface area contributed by atoms with Gasteiger partial charge in [0.15, 0.2) is 0 Å². The van der Waals surface area contributed by atoms with Gasteiger partial charge in [-0.05, 0) is 48.6 Å². The summed E-state index contributed by atoms with van der Waals surface area (Å²) in [6.45, 7) is 5.75. The molecule has 1 saturated heterocycles. The predicted molar refractivity (Wildman–Crippen MR) is 82.8 cm³/mol. The summed E-state index contributed by atoms with van der Waals surface area (Å²) in [4.78, 5) is 0.357. The van der Waals surface area contributed by atoms with E-state index in [0.29, 0.717) is 48.5 Å². The molecule has 1 fully saturated rings. The minimum absolute atomic E-state index is 0.357. The number of methoxy groups -OCH3 is 1. The van der Waals surface area contributed by atoms with E-state index in [1.54, 1.807) is 29.6 Å². The van der Waals surface area contributed by atoms with Gasteiger partial charge in [-0.2, -0.15) is 4.31 Å². The first-order valence-corrected chi connectivity index (χ1v) is 8.71. The molecule has 2 N–H and O–H groups in total. The highest BCUT2D eigenvalue weighted by molar-refractivity contribution is 7.89. The zero-order valence-corrected chi connectivity index (χ0v) is 13.7. The highest BCUT2D eigenvalue weighted by atomic mass is 32.2. The van der Waals surface area contributed by atoms with Gasteiger partial charge in [-0.1, -0.05) is 13.8 Å². The Balaban J connectivity index is 2.40. The molecule has 2 atom stereocenters. The van der Waals surface area contributed by atoms with Crippen LogP contribution in [0.25, 0.3) is 0 Å². The second-order valence-corrected chi connectivity index (χ2v) is 7.70. The molecule has 0 radical (unpaired) electrons. The first-order valence-electron chi connectivity index (χ1n) is 7.27. The van der Waals surface area contributed by atoms with Crippen LogP contribution in [-0.4, -0.2) is 39.5 Å². The molecule has 2 unspecified atom stereocenters. The van der Waals surface area contributed by atoms with Crippen molar-refractivity contribution in [2.24, 2.45) is 17.6 Å². The Hall–Kier alpha value is -1.11. The number of nitrogens with two attached hydrogens (primary N) is 1. The van der Waals surface area contributed by atoms with Gasteiger partial charge in [-0.25, -0.2) is 8.42 Å². The van der Waals surface area contributed by atoms with Gasteiger partial charge >= 0.3 is 0 Å². The average molecular weight is 312 g/mol. The summed E-state index contributed by atoms with van der Waals surface area (Å²) >= 11 is 0. The van der Waals surface area contributed by atoms with Crippen LogP contribution in [0.5, 0.6) is 5.75 Å². The highest BCUT2D eigenvalue weighted by Crippen LogP contribution is 2.31. The largest absolute Gasteiger partial charge is 0.497 e. The van der Waals surface area contributed by atoms with Gasteiger partial charge in [0.05, 0.1) is 12.0 Å². The molecule has 1 aromatic carbocycles. The van der Waals surface area contributed by atoms with Crippen molar-refractivity contribution in [1.29, 1.82) is 0 Å². The molecule has 0 amide bonds. The number of ether oxygens (including phenoxy) is 1. The van der Waals surface area contributed by atoms with Gasteiger partial charge in [-0.3, -0.25) is 0 Å². The summed E-state index contributed by atoms with van der Waals surface area (Å²) in [6.07, 6.45) is 0.519. The lowest BCUT2D eigenvalue weighted by molar-refractivity contribution is 0.413. The van der Waals surface area contributed by atoms with Crippen LogP contribution in [-0.2, 0) is 16.4 Å². The van der Waals surface area contributed by atoms with E-state index in [0.717, 1.165) is 5.56 Å². The first-order chi connectivity index (χ1) is 9.90. The Labute approximate surface area is 127 Å². The summed E-state index contributed by atoms with van der Waals surface area (Å²) < 4.78 is 32.5. The van der Waals surface area contributed by atoms with Crippen LogP contribution in [0.3, 0.4) is 0 Å². The van der Waals surface area contributed by atoms with Crippen LogP contribution in [0.15, 0.2) is 23.1 Å². The van der Waals surface area contributed by atoms with Gasteiger partial charge in [-0.15, -0.1) is 0 Å². The van der Waals surface area contributed by atoms with Crippen molar-refractivity contribution in [2.45, 2.75) is 25.2 Å². The Kier molecular flexibility index (Phi) is 4.91. The van der Waals surface area contributed by atoms with Gasteiger partial charge < -0.3 is 10.5 Å². The van der Waals surface area contributed by atoms with Crippen LogP contribution in [0, 0.1) is 11.8 Å². The second kappa shape index (κ2) is 6.34. The number of nitrogens with zero attached hydrogens (tertiary/aromatic N) is 1. The Morgan fingerprint density at radius 1 is 1.29 bits per heavy atom. The molecule has 1 aliphatic rings. The molecule has 0 saturated carbocycles. The second-order valence-electron chi connectivity index (χ2n) is 5.79. The van der Waals surface area contributed by atoms with Crippen molar-refractivity contribution in [2.75, 3.05) is 26.7 Å². The van der Waals surface area contributed by atoms with E-state index in [9.17, 15) is 8.42 Å². The van der Waals surface area contributed by atoms with Crippen molar-refractivity contribution in [3.05, 3.63) is 23.8 Å². The summed E-state index contributed by atoms with van der Waals surface area (Å²) in [7, 11) is -1.89. The monoisotopic (exact) mass is 312 g/mol. The molecule has 2 rings (SSSR count). The lowest BCUT2D eigenvalue weighted by Gasteiger charge is -2.19. The van der Waals surface area contributed by atoms with Gasteiger partial charge in [0.25, 0.3) is 0 Å². The maximum Gasteiger partial charge on any atom is 0.243 e. The molecule has 5 nitrogen and oxygen atoms in total. The predicted octanol–water partition coefficient (Wildman–Crippen LogP) is 1.47. The van der Waals surface area contributed by atoms with E-state index in [-0.39, 0.29) is 0 Å². The molecular formula is C15H24N2O3S. The van der Waals surface area contributed by atoms with Crippen LogP contribution in [0.2, 0.25) is 0 Å². The molecule has 21 heavy (non-hydrogen) atoms. The summed E-state index contributed by atoms with van der Waals surface area (Å²) in [5, 5.41) is 0. The van der Waals surface area contributed by atoms with Crippen molar-refractivity contribution < 1.29 is 13.2 Å². The number of rotatable bonds is 5. The van der Waals surface area contributed by atoms with Gasteiger partial charge in [0.1, 0.15) is 5.75 Å². The maximum absolute atomic E-state index is 12.9. The maximum atomic E-state index is 12.9.